The molecular weight excluding hydrogens is 258 g/mol. The van der Waals surface area contributed by atoms with Crippen LogP contribution in [0.5, 0.6) is 0 Å². The number of nitrogens with two attached hydrogens (primary N) is 1. The van der Waals surface area contributed by atoms with Crippen molar-refractivity contribution >= 4 is 0 Å². The highest BCUT2D eigenvalue weighted by atomic mass is 16.5. The van der Waals surface area contributed by atoms with Gasteiger partial charge in [0, 0.05) is 25.2 Å². The van der Waals surface area contributed by atoms with E-state index in [4.69, 9.17) is 19.9 Å². The summed E-state index contributed by atoms with van der Waals surface area (Å²) in [6, 6.07) is 0. The van der Waals surface area contributed by atoms with E-state index in [9.17, 15) is 5.11 Å². The van der Waals surface area contributed by atoms with Crippen molar-refractivity contribution in [1.29, 1.82) is 0 Å². The molecule has 0 saturated heterocycles. The van der Waals surface area contributed by atoms with Crippen LogP contribution < -0.4 is 5.73 Å². The van der Waals surface area contributed by atoms with Gasteiger partial charge in [0.05, 0.1) is 32.5 Å². The molecule has 0 aromatic carbocycles. The lowest BCUT2D eigenvalue weighted by Gasteiger charge is -2.30. The SMILES string of the molecule is CCCCOCCOCCOCCC(C)(CN)C(C)O. The number of rotatable bonds is 14. The van der Waals surface area contributed by atoms with E-state index in [2.05, 4.69) is 6.92 Å². The summed E-state index contributed by atoms with van der Waals surface area (Å²) < 4.78 is 16.3. The zero-order valence-electron chi connectivity index (χ0n) is 13.4. The smallest absolute Gasteiger partial charge is 0.0701 e. The van der Waals surface area contributed by atoms with Gasteiger partial charge in [-0.3, -0.25) is 0 Å². The Kier molecular flexibility index (Phi) is 12.4. The van der Waals surface area contributed by atoms with Gasteiger partial charge in [-0.25, -0.2) is 0 Å². The van der Waals surface area contributed by atoms with Gasteiger partial charge in [-0.15, -0.1) is 0 Å². The monoisotopic (exact) mass is 291 g/mol. The van der Waals surface area contributed by atoms with Crippen molar-refractivity contribution in [3.05, 3.63) is 0 Å². The van der Waals surface area contributed by atoms with E-state index in [0.717, 1.165) is 25.9 Å². The van der Waals surface area contributed by atoms with Crippen LogP contribution in [0.3, 0.4) is 0 Å². The molecule has 0 aliphatic heterocycles. The summed E-state index contributed by atoms with van der Waals surface area (Å²) in [6.07, 6.45) is 2.59. The van der Waals surface area contributed by atoms with Gasteiger partial charge in [0.15, 0.2) is 0 Å². The normalized spacial score (nSPS) is 16.1. The molecular formula is C15H33NO4. The Morgan fingerprint density at radius 1 is 1.00 bits per heavy atom. The van der Waals surface area contributed by atoms with Crippen LogP contribution in [0.1, 0.15) is 40.0 Å². The standard InChI is InChI=1S/C15H33NO4/c1-4-5-7-18-9-11-20-12-10-19-8-6-15(3,13-16)14(2)17/h14,17H,4-13,16H2,1-3H3. The number of unbranched alkanes of at least 4 members (excludes halogenated alkanes) is 1. The Balaban J connectivity index is 3.32. The number of aliphatic hydroxyl groups excluding tert-OH is 1. The summed E-state index contributed by atoms with van der Waals surface area (Å²) >= 11 is 0. The average Bonchev–Trinajstić information content (AvgIpc) is 2.44. The molecule has 0 radical (unpaired) electrons. The van der Waals surface area contributed by atoms with Gasteiger partial charge in [-0.1, -0.05) is 20.3 Å². The second-order valence-electron chi connectivity index (χ2n) is 5.47. The van der Waals surface area contributed by atoms with Crippen molar-refractivity contribution in [3.63, 3.8) is 0 Å². The van der Waals surface area contributed by atoms with E-state index in [-0.39, 0.29) is 5.41 Å². The minimum atomic E-state index is -0.424. The first kappa shape index (κ1) is 19.8. The van der Waals surface area contributed by atoms with Crippen LogP contribution in [0.2, 0.25) is 0 Å². The van der Waals surface area contributed by atoms with Crippen LogP contribution in [0, 0.1) is 5.41 Å². The molecule has 0 spiro atoms. The third-order valence-electron chi connectivity index (χ3n) is 3.68. The van der Waals surface area contributed by atoms with Crippen LogP contribution in [0.4, 0.5) is 0 Å². The van der Waals surface area contributed by atoms with Gasteiger partial charge in [0.25, 0.3) is 0 Å². The number of ether oxygens (including phenoxy) is 3. The van der Waals surface area contributed by atoms with E-state index in [1.165, 1.54) is 0 Å². The summed E-state index contributed by atoms with van der Waals surface area (Å²) in [5, 5.41) is 9.66. The molecule has 2 unspecified atom stereocenters. The van der Waals surface area contributed by atoms with Gasteiger partial charge in [-0.05, 0) is 19.8 Å². The van der Waals surface area contributed by atoms with Crippen molar-refractivity contribution in [2.45, 2.75) is 46.1 Å². The summed E-state index contributed by atoms with van der Waals surface area (Å²) in [5.74, 6) is 0. The molecule has 122 valence electrons. The van der Waals surface area contributed by atoms with Crippen LogP contribution in [0.15, 0.2) is 0 Å². The molecule has 5 nitrogen and oxygen atoms in total. The molecule has 0 amide bonds. The van der Waals surface area contributed by atoms with Crippen molar-refractivity contribution in [2.24, 2.45) is 11.1 Å². The van der Waals surface area contributed by atoms with E-state index in [1.54, 1.807) is 6.92 Å². The van der Waals surface area contributed by atoms with Gasteiger partial charge in [0.2, 0.25) is 0 Å². The predicted octanol–water partition coefficient (Wildman–Crippen LogP) is 1.57. The highest BCUT2D eigenvalue weighted by Crippen LogP contribution is 2.24. The van der Waals surface area contributed by atoms with Gasteiger partial charge >= 0.3 is 0 Å². The number of aliphatic hydroxyl groups is 1. The van der Waals surface area contributed by atoms with Crippen LogP contribution in [-0.4, -0.2) is 57.4 Å². The summed E-state index contributed by atoms with van der Waals surface area (Å²) in [4.78, 5) is 0. The maximum atomic E-state index is 9.66. The Bertz CT molecular complexity index is 214. The maximum absolute atomic E-state index is 9.66. The van der Waals surface area contributed by atoms with Crippen molar-refractivity contribution in [1.82, 2.24) is 0 Å². The molecule has 0 aromatic heterocycles. The largest absolute Gasteiger partial charge is 0.393 e. The molecule has 5 heteroatoms. The molecule has 0 fully saturated rings. The zero-order chi connectivity index (χ0) is 15.3. The number of hydrogen-bond acceptors (Lipinski definition) is 5. The lowest BCUT2D eigenvalue weighted by molar-refractivity contribution is -0.00589. The minimum absolute atomic E-state index is 0.270. The molecule has 0 bridgehead atoms. The van der Waals surface area contributed by atoms with E-state index in [0.29, 0.717) is 39.6 Å². The molecule has 0 saturated carbocycles. The Labute approximate surface area is 123 Å². The second kappa shape index (κ2) is 12.5. The lowest BCUT2D eigenvalue weighted by Crippen LogP contribution is -2.38. The maximum Gasteiger partial charge on any atom is 0.0701 e. The molecule has 3 N–H and O–H groups in total. The van der Waals surface area contributed by atoms with Crippen molar-refractivity contribution < 1.29 is 19.3 Å². The third-order valence-corrected chi connectivity index (χ3v) is 3.68. The quantitative estimate of drug-likeness (QED) is 0.475. The van der Waals surface area contributed by atoms with Gasteiger partial charge in [0.1, 0.15) is 0 Å². The Morgan fingerprint density at radius 3 is 1.95 bits per heavy atom. The molecule has 0 rings (SSSR count). The number of hydrogen-bond donors (Lipinski definition) is 2. The van der Waals surface area contributed by atoms with Crippen LogP contribution in [0.25, 0.3) is 0 Å². The van der Waals surface area contributed by atoms with E-state index >= 15 is 0 Å². The first-order valence-corrected chi connectivity index (χ1v) is 7.68. The van der Waals surface area contributed by atoms with Crippen LogP contribution >= 0.6 is 0 Å². The molecule has 2 atom stereocenters. The Hall–Kier alpha value is -0.200. The van der Waals surface area contributed by atoms with E-state index < -0.39 is 6.10 Å². The van der Waals surface area contributed by atoms with Gasteiger partial charge in [-0.2, -0.15) is 0 Å². The Morgan fingerprint density at radius 2 is 1.50 bits per heavy atom. The lowest BCUT2D eigenvalue weighted by atomic mass is 9.82. The van der Waals surface area contributed by atoms with E-state index in [1.807, 2.05) is 6.92 Å². The summed E-state index contributed by atoms with van der Waals surface area (Å²) in [6.45, 7) is 10.2. The molecule has 0 aliphatic carbocycles. The van der Waals surface area contributed by atoms with Crippen LogP contribution in [-0.2, 0) is 14.2 Å². The topological polar surface area (TPSA) is 73.9 Å². The minimum Gasteiger partial charge on any atom is -0.393 e. The molecule has 0 aromatic rings. The highest BCUT2D eigenvalue weighted by Gasteiger charge is 2.27. The fourth-order valence-corrected chi connectivity index (χ4v) is 1.58. The fraction of sp³-hybridized carbons (Fsp3) is 1.00. The summed E-state index contributed by atoms with van der Waals surface area (Å²) in [7, 11) is 0. The molecule has 0 heterocycles. The predicted molar refractivity (Wildman–Crippen MR) is 80.8 cm³/mol. The van der Waals surface area contributed by atoms with Crippen molar-refractivity contribution in [2.75, 3.05) is 46.2 Å². The summed E-state index contributed by atoms with van der Waals surface area (Å²) in [5.41, 5.74) is 5.41. The first-order chi connectivity index (χ1) is 9.56. The van der Waals surface area contributed by atoms with Crippen molar-refractivity contribution in [3.8, 4) is 0 Å². The second-order valence-corrected chi connectivity index (χ2v) is 5.47. The zero-order valence-corrected chi connectivity index (χ0v) is 13.4. The molecule has 20 heavy (non-hydrogen) atoms. The molecule has 0 aliphatic rings. The average molecular weight is 291 g/mol. The third kappa shape index (κ3) is 9.66. The fourth-order valence-electron chi connectivity index (χ4n) is 1.58. The highest BCUT2D eigenvalue weighted by molar-refractivity contribution is 4.80. The van der Waals surface area contributed by atoms with Gasteiger partial charge < -0.3 is 25.1 Å². The first-order valence-electron chi connectivity index (χ1n) is 7.68.